The molecule has 2 N–H and O–H groups in total. The topological polar surface area (TPSA) is 93.0 Å². The number of nitro groups is 1. The molecule has 1 aromatic rings. The monoisotopic (exact) mass is 297 g/mol. The molecule has 1 aliphatic heterocycles. The molecule has 0 radical (unpaired) electrons. The molecule has 2 heterocycles. The third-order valence-corrected chi connectivity index (χ3v) is 4.63. The van der Waals surface area contributed by atoms with Crippen molar-refractivity contribution in [2.45, 2.75) is 31.4 Å². The lowest BCUT2D eigenvalue weighted by atomic mass is 10.2. The van der Waals surface area contributed by atoms with Crippen molar-refractivity contribution in [2.24, 2.45) is 0 Å². The average Bonchev–Trinajstić information content (AvgIpc) is 2.45. The van der Waals surface area contributed by atoms with Crippen molar-refractivity contribution in [1.29, 1.82) is 0 Å². The molecule has 8 heteroatoms. The van der Waals surface area contributed by atoms with E-state index >= 15 is 0 Å². The van der Waals surface area contributed by atoms with Crippen LogP contribution < -0.4 is 10.6 Å². The third-order valence-electron chi connectivity index (χ3n) is 3.24. The van der Waals surface area contributed by atoms with Gasteiger partial charge in [-0.05, 0) is 25.5 Å². The zero-order valence-corrected chi connectivity index (χ0v) is 12.5. The standard InChI is InChI=1S/C12H19N5O2S/c1-8-10(17(18)19)11(16-12(13-2)15-8)14-7-9-5-3-4-6-20-9/h9H,3-7H2,1-2H3,(H2,13,14,15,16). The molecule has 1 aliphatic rings. The van der Waals surface area contributed by atoms with Crippen LogP contribution in [-0.4, -0.2) is 39.5 Å². The summed E-state index contributed by atoms with van der Waals surface area (Å²) in [5.41, 5.74) is 0.331. The first-order chi connectivity index (χ1) is 9.61. The second kappa shape index (κ2) is 6.74. The predicted octanol–water partition coefficient (Wildman–Crippen LogP) is 2.43. The maximum absolute atomic E-state index is 11.2. The van der Waals surface area contributed by atoms with Crippen LogP contribution in [0.1, 0.15) is 25.0 Å². The molecule has 1 saturated heterocycles. The van der Waals surface area contributed by atoms with Crippen LogP contribution >= 0.6 is 11.8 Å². The Kier molecular flexibility index (Phi) is 4.99. The Hall–Kier alpha value is -1.57. The SMILES string of the molecule is CNc1nc(C)c([N+](=O)[O-])c(NCC2CCCCS2)n1. The van der Waals surface area contributed by atoms with Crippen LogP contribution in [0.4, 0.5) is 17.5 Å². The molecule has 7 nitrogen and oxygen atoms in total. The van der Waals surface area contributed by atoms with Crippen LogP contribution in [0.25, 0.3) is 0 Å². The fourth-order valence-electron chi connectivity index (χ4n) is 2.20. The second-order valence-corrected chi connectivity index (χ2v) is 6.11. The lowest BCUT2D eigenvalue weighted by Gasteiger charge is -2.21. The van der Waals surface area contributed by atoms with E-state index in [9.17, 15) is 10.1 Å². The molecule has 110 valence electrons. The Labute approximate surface area is 122 Å². The first-order valence-corrected chi connectivity index (χ1v) is 7.73. The maximum Gasteiger partial charge on any atom is 0.332 e. The highest BCUT2D eigenvalue weighted by Gasteiger charge is 2.23. The minimum absolute atomic E-state index is 0.0372. The van der Waals surface area contributed by atoms with E-state index in [-0.39, 0.29) is 5.69 Å². The first kappa shape index (κ1) is 14.8. The van der Waals surface area contributed by atoms with Crippen LogP contribution in [0.3, 0.4) is 0 Å². The highest BCUT2D eigenvalue weighted by Crippen LogP contribution is 2.29. The van der Waals surface area contributed by atoms with Gasteiger partial charge in [-0.2, -0.15) is 16.7 Å². The summed E-state index contributed by atoms with van der Waals surface area (Å²) in [5.74, 6) is 1.86. The van der Waals surface area contributed by atoms with Crippen LogP contribution in [-0.2, 0) is 0 Å². The number of anilines is 2. The molecule has 1 atom stereocenters. The summed E-state index contributed by atoms with van der Waals surface area (Å²) in [4.78, 5) is 19.0. The van der Waals surface area contributed by atoms with E-state index in [1.54, 1.807) is 14.0 Å². The van der Waals surface area contributed by atoms with Crippen molar-refractivity contribution in [3.05, 3.63) is 15.8 Å². The van der Waals surface area contributed by atoms with Gasteiger partial charge >= 0.3 is 5.69 Å². The minimum atomic E-state index is -0.425. The van der Waals surface area contributed by atoms with Crippen molar-refractivity contribution in [1.82, 2.24) is 9.97 Å². The van der Waals surface area contributed by atoms with E-state index in [0.29, 0.717) is 29.3 Å². The Morgan fingerprint density at radius 1 is 1.45 bits per heavy atom. The molecule has 0 aliphatic carbocycles. The molecule has 1 aromatic heterocycles. The van der Waals surface area contributed by atoms with Gasteiger partial charge < -0.3 is 10.6 Å². The smallest absolute Gasteiger partial charge is 0.332 e. The number of thioether (sulfide) groups is 1. The Morgan fingerprint density at radius 2 is 2.25 bits per heavy atom. The lowest BCUT2D eigenvalue weighted by molar-refractivity contribution is -0.385. The molecule has 1 fully saturated rings. The summed E-state index contributed by atoms with van der Waals surface area (Å²) < 4.78 is 0. The molecular formula is C12H19N5O2S. The van der Waals surface area contributed by atoms with Crippen molar-refractivity contribution in [3.63, 3.8) is 0 Å². The molecule has 0 bridgehead atoms. The average molecular weight is 297 g/mol. The Balaban J connectivity index is 2.15. The van der Waals surface area contributed by atoms with Crippen LogP contribution in [0, 0.1) is 17.0 Å². The molecule has 2 rings (SSSR count). The molecule has 0 aromatic carbocycles. The van der Waals surface area contributed by atoms with Gasteiger partial charge in [-0.15, -0.1) is 0 Å². The van der Waals surface area contributed by atoms with E-state index in [1.165, 1.54) is 18.6 Å². The number of aromatic nitrogens is 2. The summed E-state index contributed by atoms with van der Waals surface area (Å²) in [6, 6.07) is 0. The summed E-state index contributed by atoms with van der Waals surface area (Å²) >= 11 is 1.92. The van der Waals surface area contributed by atoms with E-state index in [2.05, 4.69) is 20.6 Å². The van der Waals surface area contributed by atoms with Crippen molar-refractivity contribution >= 4 is 29.2 Å². The highest BCUT2D eigenvalue weighted by molar-refractivity contribution is 7.99. The van der Waals surface area contributed by atoms with E-state index in [1.807, 2.05) is 11.8 Å². The van der Waals surface area contributed by atoms with Gasteiger partial charge in [-0.3, -0.25) is 10.1 Å². The second-order valence-electron chi connectivity index (χ2n) is 4.71. The van der Waals surface area contributed by atoms with Gasteiger partial charge in [-0.1, -0.05) is 6.42 Å². The van der Waals surface area contributed by atoms with Crippen molar-refractivity contribution < 1.29 is 4.92 Å². The lowest BCUT2D eigenvalue weighted by Crippen LogP contribution is -2.21. The Bertz CT molecular complexity index is 491. The van der Waals surface area contributed by atoms with Gasteiger partial charge in [0.25, 0.3) is 0 Å². The van der Waals surface area contributed by atoms with Gasteiger partial charge in [0, 0.05) is 18.8 Å². The molecule has 0 amide bonds. The molecular weight excluding hydrogens is 278 g/mol. The molecule has 0 spiro atoms. The minimum Gasteiger partial charge on any atom is -0.363 e. The van der Waals surface area contributed by atoms with E-state index in [0.717, 1.165) is 6.42 Å². The zero-order valence-electron chi connectivity index (χ0n) is 11.7. The van der Waals surface area contributed by atoms with Crippen LogP contribution in [0.5, 0.6) is 0 Å². The van der Waals surface area contributed by atoms with E-state index < -0.39 is 4.92 Å². The van der Waals surface area contributed by atoms with Gasteiger partial charge in [0.2, 0.25) is 11.8 Å². The summed E-state index contributed by atoms with van der Waals surface area (Å²) in [5, 5.41) is 17.6. The Morgan fingerprint density at radius 3 is 2.85 bits per heavy atom. The molecule has 1 unspecified atom stereocenters. The zero-order chi connectivity index (χ0) is 14.5. The quantitative estimate of drug-likeness (QED) is 0.636. The van der Waals surface area contributed by atoms with Crippen LogP contribution in [0.2, 0.25) is 0 Å². The largest absolute Gasteiger partial charge is 0.363 e. The maximum atomic E-state index is 11.2. The number of rotatable bonds is 5. The molecule has 20 heavy (non-hydrogen) atoms. The normalized spacial score (nSPS) is 18.6. The van der Waals surface area contributed by atoms with Crippen LogP contribution in [0.15, 0.2) is 0 Å². The molecule has 0 saturated carbocycles. The van der Waals surface area contributed by atoms with Gasteiger partial charge in [0.15, 0.2) is 0 Å². The van der Waals surface area contributed by atoms with Gasteiger partial charge in [0.05, 0.1) is 4.92 Å². The number of hydrogen-bond donors (Lipinski definition) is 2. The van der Waals surface area contributed by atoms with Gasteiger partial charge in [-0.25, -0.2) is 4.98 Å². The fraction of sp³-hybridized carbons (Fsp3) is 0.667. The summed E-state index contributed by atoms with van der Waals surface area (Å²) in [6.45, 7) is 2.33. The summed E-state index contributed by atoms with van der Waals surface area (Å²) in [6.07, 6.45) is 3.64. The third kappa shape index (κ3) is 3.50. The van der Waals surface area contributed by atoms with Crippen molar-refractivity contribution in [2.75, 3.05) is 30.0 Å². The number of nitrogens with one attached hydrogen (secondary N) is 2. The highest BCUT2D eigenvalue weighted by atomic mass is 32.2. The van der Waals surface area contributed by atoms with Crippen molar-refractivity contribution in [3.8, 4) is 0 Å². The fourth-order valence-corrected chi connectivity index (χ4v) is 3.44. The van der Waals surface area contributed by atoms with Gasteiger partial charge in [0.1, 0.15) is 5.69 Å². The summed E-state index contributed by atoms with van der Waals surface area (Å²) in [7, 11) is 1.70. The van der Waals surface area contributed by atoms with E-state index in [4.69, 9.17) is 0 Å². The first-order valence-electron chi connectivity index (χ1n) is 6.68. The predicted molar refractivity (Wildman–Crippen MR) is 81.6 cm³/mol. The number of aryl methyl sites for hydroxylation is 1. The number of hydrogen-bond acceptors (Lipinski definition) is 7. The number of nitrogens with zero attached hydrogens (tertiary/aromatic N) is 3.